The number of hydrogen-bond acceptors (Lipinski definition) is 4. The first-order valence-corrected chi connectivity index (χ1v) is 7.41. The molecule has 6 heteroatoms. The predicted molar refractivity (Wildman–Crippen MR) is 82.5 cm³/mol. The second kappa shape index (κ2) is 6.36. The summed E-state index contributed by atoms with van der Waals surface area (Å²) in [6.45, 7) is 3.62. The Bertz CT molecular complexity index is 489. The van der Waals surface area contributed by atoms with Crippen molar-refractivity contribution in [1.29, 1.82) is 0 Å². The van der Waals surface area contributed by atoms with Crippen LogP contribution in [0.3, 0.4) is 0 Å². The second-order valence-electron chi connectivity index (χ2n) is 6.44. The fraction of sp³-hybridized carbons (Fsp3) is 0.733. The van der Waals surface area contributed by atoms with Crippen molar-refractivity contribution in [3.63, 3.8) is 0 Å². The van der Waals surface area contributed by atoms with Crippen LogP contribution in [0.5, 0.6) is 0 Å². The van der Waals surface area contributed by atoms with Crippen molar-refractivity contribution in [3.05, 3.63) is 17.5 Å². The summed E-state index contributed by atoms with van der Waals surface area (Å²) in [6, 6.07) is 2.35. The highest BCUT2D eigenvalue weighted by atomic mass is 35.5. The van der Waals surface area contributed by atoms with Crippen LogP contribution in [0.15, 0.2) is 10.6 Å². The molecule has 5 nitrogen and oxygen atoms in total. The molecule has 1 saturated carbocycles. The lowest BCUT2D eigenvalue weighted by molar-refractivity contribution is -0.130. The van der Waals surface area contributed by atoms with Crippen LogP contribution >= 0.6 is 12.4 Å². The minimum atomic E-state index is 0. The van der Waals surface area contributed by atoms with Gasteiger partial charge in [0.15, 0.2) is 0 Å². The lowest BCUT2D eigenvalue weighted by Gasteiger charge is -2.24. The number of halogens is 1. The molecule has 1 amide bonds. The van der Waals surface area contributed by atoms with Crippen LogP contribution in [0.1, 0.15) is 24.3 Å². The van der Waals surface area contributed by atoms with E-state index < -0.39 is 0 Å². The van der Waals surface area contributed by atoms with E-state index in [2.05, 4.69) is 24.2 Å². The van der Waals surface area contributed by atoms with Gasteiger partial charge in [-0.25, -0.2) is 0 Å². The number of rotatable bonds is 4. The summed E-state index contributed by atoms with van der Waals surface area (Å²) in [4.78, 5) is 16.7. The van der Waals surface area contributed by atoms with Gasteiger partial charge in [-0.3, -0.25) is 4.79 Å². The average Bonchev–Trinajstić information content (AvgIpc) is 3.00. The van der Waals surface area contributed by atoms with Gasteiger partial charge in [0.2, 0.25) is 5.91 Å². The molecule has 1 aliphatic carbocycles. The molecule has 3 rings (SSSR count). The largest absolute Gasteiger partial charge is 0.361 e. The maximum atomic E-state index is 12.4. The van der Waals surface area contributed by atoms with Gasteiger partial charge in [0.1, 0.15) is 5.76 Å². The summed E-state index contributed by atoms with van der Waals surface area (Å²) >= 11 is 0. The van der Waals surface area contributed by atoms with E-state index in [1.165, 1.54) is 12.8 Å². The third-order valence-corrected chi connectivity index (χ3v) is 4.58. The normalized spacial score (nSPS) is 25.2. The van der Waals surface area contributed by atoms with Gasteiger partial charge in [-0.15, -0.1) is 12.4 Å². The smallest absolute Gasteiger partial charge is 0.230 e. The van der Waals surface area contributed by atoms with E-state index in [9.17, 15) is 4.79 Å². The van der Waals surface area contributed by atoms with Gasteiger partial charge in [0.25, 0.3) is 0 Å². The van der Waals surface area contributed by atoms with E-state index in [4.69, 9.17) is 4.52 Å². The van der Waals surface area contributed by atoms with Gasteiger partial charge in [-0.05, 0) is 45.7 Å². The third-order valence-electron chi connectivity index (χ3n) is 4.58. The molecule has 1 saturated heterocycles. The zero-order valence-corrected chi connectivity index (χ0v) is 13.7. The van der Waals surface area contributed by atoms with Gasteiger partial charge in [0, 0.05) is 25.2 Å². The molecule has 1 aromatic heterocycles. The molecule has 0 radical (unpaired) electrons. The summed E-state index contributed by atoms with van der Waals surface area (Å²) in [5.74, 6) is 2.30. The average molecular weight is 314 g/mol. The molecule has 1 aromatic rings. The van der Waals surface area contributed by atoms with Crippen molar-refractivity contribution in [1.82, 2.24) is 15.0 Å². The van der Waals surface area contributed by atoms with Crippen molar-refractivity contribution >= 4 is 18.3 Å². The number of aryl methyl sites for hydroxylation is 1. The monoisotopic (exact) mass is 313 g/mol. The third kappa shape index (κ3) is 3.58. The van der Waals surface area contributed by atoms with Crippen molar-refractivity contribution in [3.8, 4) is 0 Å². The van der Waals surface area contributed by atoms with Crippen molar-refractivity contribution in [2.75, 3.05) is 27.2 Å². The van der Waals surface area contributed by atoms with E-state index in [0.717, 1.165) is 24.7 Å². The molecule has 0 unspecified atom stereocenters. The minimum absolute atomic E-state index is 0. The highest BCUT2D eigenvalue weighted by Gasteiger charge is 2.44. The van der Waals surface area contributed by atoms with Gasteiger partial charge in [0.05, 0.1) is 12.1 Å². The van der Waals surface area contributed by atoms with Crippen molar-refractivity contribution < 1.29 is 9.32 Å². The molecule has 0 aromatic carbocycles. The Labute approximate surface area is 132 Å². The Hall–Kier alpha value is -1.07. The Morgan fingerprint density at radius 2 is 2.14 bits per heavy atom. The molecule has 2 fully saturated rings. The zero-order chi connectivity index (χ0) is 14.3. The van der Waals surface area contributed by atoms with Gasteiger partial charge < -0.3 is 14.3 Å². The zero-order valence-electron chi connectivity index (χ0n) is 12.9. The highest BCUT2D eigenvalue weighted by Crippen LogP contribution is 2.42. The first-order valence-electron chi connectivity index (χ1n) is 7.41. The van der Waals surface area contributed by atoms with Crippen LogP contribution in [-0.4, -0.2) is 54.1 Å². The predicted octanol–water partition coefficient (Wildman–Crippen LogP) is 1.75. The van der Waals surface area contributed by atoms with E-state index in [0.29, 0.717) is 24.1 Å². The van der Waals surface area contributed by atoms with Crippen LogP contribution in [-0.2, 0) is 11.2 Å². The lowest BCUT2D eigenvalue weighted by atomic mass is 9.97. The number of carbonyl (C=O) groups is 1. The standard InChI is InChI=1S/C15H23N3O2.ClH/c1-10-6-12(20-16-10)7-15(19)18-8-13(11-4-5-11)14(9-18)17(2)3;/h6,11,13-14H,4-5,7-9H2,1-3H3;1H/t13-,14+;/m1./s1. The van der Waals surface area contributed by atoms with Crippen LogP contribution < -0.4 is 0 Å². The van der Waals surface area contributed by atoms with Crippen molar-refractivity contribution in [2.24, 2.45) is 11.8 Å². The van der Waals surface area contributed by atoms with E-state index in [1.54, 1.807) is 0 Å². The number of nitrogens with zero attached hydrogens (tertiary/aromatic N) is 3. The SMILES string of the molecule is Cc1cc(CC(=O)N2C[C@H](C3CC3)[C@@H](N(C)C)C2)on1.Cl. The second-order valence-corrected chi connectivity index (χ2v) is 6.44. The lowest BCUT2D eigenvalue weighted by Crippen LogP contribution is -2.37. The van der Waals surface area contributed by atoms with Crippen LogP contribution in [0.2, 0.25) is 0 Å². The molecule has 2 atom stereocenters. The summed E-state index contributed by atoms with van der Waals surface area (Å²) in [5.41, 5.74) is 0.830. The molecule has 0 bridgehead atoms. The van der Waals surface area contributed by atoms with E-state index in [-0.39, 0.29) is 18.3 Å². The summed E-state index contributed by atoms with van der Waals surface area (Å²) in [6.07, 6.45) is 3.00. The molecule has 1 aliphatic heterocycles. The van der Waals surface area contributed by atoms with Crippen LogP contribution in [0.4, 0.5) is 0 Å². The summed E-state index contributed by atoms with van der Waals surface area (Å²) in [5, 5.41) is 3.84. The van der Waals surface area contributed by atoms with Crippen LogP contribution in [0.25, 0.3) is 0 Å². The summed E-state index contributed by atoms with van der Waals surface area (Å²) in [7, 11) is 4.24. The van der Waals surface area contributed by atoms with Gasteiger partial charge in [-0.1, -0.05) is 5.16 Å². The topological polar surface area (TPSA) is 49.6 Å². The number of carbonyl (C=O) groups excluding carboxylic acids is 1. The molecular weight excluding hydrogens is 290 g/mol. The number of likely N-dealkylation sites (N-methyl/N-ethyl adjacent to an activating group) is 1. The highest BCUT2D eigenvalue weighted by molar-refractivity contribution is 5.85. The molecule has 2 heterocycles. The Kier molecular flexibility index (Phi) is 4.94. The maximum absolute atomic E-state index is 12.4. The van der Waals surface area contributed by atoms with Gasteiger partial charge in [-0.2, -0.15) is 0 Å². The molecular formula is C15H24ClN3O2. The molecule has 2 aliphatic rings. The Morgan fingerprint density at radius 3 is 2.67 bits per heavy atom. The maximum Gasteiger partial charge on any atom is 0.230 e. The van der Waals surface area contributed by atoms with Gasteiger partial charge >= 0.3 is 0 Å². The molecule has 21 heavy (non-hydrogen) atoms. The number of hydrogen-bond donors (Lipinski definition) is 0. The molecule has 118 valence electrons. The summed E-state index contributed by atoms with van der Waals surface area (Å²) < 4.78 is 5.15. The quantitative estimate of drug-likeness (QED) is 0.849. The molecule has 0 N–H and O–H groups in total. The first-order chi connectivity index (χ1) is 9.54. The number of aromatic nitrogens is 1. The van der Waals surface area contributed by atoms with E-state index >= 15 is 0 Å². The fourth-order valence-corrected chi connectivity index (χ4v) is 3.31. The fourth-order valence-electron chi connectivity index (χ4n) is 3.31. The Balaban J connectivity index is 0.00000161. The van der Waals surface area contributed by atoms with Crippen molar-refractivity contribution in [2.45, 2.75) is 32.2 Å². The van der Waals surface area contributed by atoms with E-state index in [1.807, 2.05) is 17.9 Å². The number of amides is 1. The Morgan fingerprint density at radius 1 is 1.43 bits per heavy atom. The first kappa shape index (κ1) is 16.3. The van der Waals surface area contributed by atoms with Crippen LogP contribution in [0, 0.1) is 18.8 Å². The minimum Gasteiger partial charge on any atom is -0.361 e. The number of likely N-dealkylation sites (tertiary alicyclic amines) is 1. The molecule has 0 spiro atoms.